The number of hydrogen-bond acceptors (Lipinski definition) is 6. The van der Waals surface area contributed by atoms with Crippen LogP contribution in [0.1, 0.15) is 30.0 Å². The average Bonchev–Trinajstić information content (AvgIpc) is 3.21. The van der Waals surface area contributed by atoms with Crippen molar-refractivity contribution in [1.82, 2.24) is 9.80 Å². The first-order valence-electron chi connectivity index (χ1n) is 10.6. The number of ether oxygens (including phenoxy) is 1. The Morgan fingerprint density at radius 1 is 1.29 bits per heavy atom. The van der Waals surface area contributed by atoms with Gasteiger partial charge < -0.3 is 14.7 Å². The summed E-state index contributed by atoms with van der Waals surface area (Å²) in [6.45, 7) is 2.05. The van der Waals surface area contributed by atoms with E-state index in [1.807, 2.05) is 30.3 Å². The molecule has 8 nitrogen and oxygen atoms in total. The molecule has 0 bridgehead atoms. The minimum Gasteiger partial charge on any atom is -0.480 e. The van der Waals surface area contributed by atoms with Crippen LogP contribution < -0.4 is 4.74 Å². The van der Waals surface area contributed by atoms with Crippen LogP contribution in [0.15, 0.2) is 48.5 Å². The topological polar surface area (TPSA) is 96.2 Å². The van der Waals surface area contributed by atoms with Crippen LogP contribution in [0.2, 0.25) is 0 Å². The normalized spacial score (nSPS) is 21.7. The van der Waals surface area contributed by atoms with Crippen molar-refractivity contribution >= 4 is 11.6 Å². The second-order valence-electron chi connectivity index (χ2n) is 8.27. The van der Waals surface area contributed by atoms with Gasteiger partial charge in [0.25, 0.3) is 11.6 Å². The molecule has 8 heteroatoms. The van der Waals surface area contributed by atoms with Gasteiger partial charge in [-0.3, -0.25) is 19.8 Å². The molecule has 2 unspecified atom stereocenters. The van der Waals surface area contributed by atoms with E-state index in [4.69, 9.17) is 4.74 Å². The molecule has 3 atom stereocenters. The molecule has 2 aliphatic rings. The smallest absolute Gasteiger partial charge is 0.269 e. The van der Waals surface area contributed by atoms with Crippen molar-refractivity contribution in [2.24, 2.45) is 0 Å². The molecular formula is C23H27N3O5. The molecule has 1 fully saturated rings. The summed E-state index contributed by atoms with van der Waals surface area (Å²) in [5.41, 5.74) is 1.82. The van der Waals surface area contributed by atoms with Crippen molar-refractivity contribution in [3.05, 3.63) is 69.8 Å². The molecule has 164 valence electrons. The molecule has 1 saturated heterocycles. The molecule has 31 heavy (non-hydrogen) atoms. The van der Waals surface area contributed by atoms with E-state index in [-0.39, 0.29) is 23.7 Å². The maximum atomic E-state index is 13.4. The quantitative estimate of drug-likeness (QED) is 0.564. The summed E-state index contributed by atoms with van der Waals surface area (Å²) in [5.74, 6) is 0.417. The number of nitro groups is 1. The molecule has 0 aliphatic carbocycles. The highest BCUT2D eigenvalue weighted by Crippen LogP contribution is 2.32. The molecule has 2 aromatic rings. The van der Waals surface area contributed by atoms with Crippen LogP contribution in [0, 0.1) is 10.1 Å². The van der Waals surface area contributed by atoms with Crippen molar-refractivity contribution in [1.29, 1.82) is 0 Å². The van der Waals surface area contributed by atoms with Gasteiger partial charge >= 0.3 is 0 Å². The number of carbonyl (C=O) groups is 1. The van der Waals surface area contributed by atoms with Crippen LogP contribution in [0.4, 0.5) is 5.69 Å². The van der Waals surface area contributed by atoms with Gasteiger partial charge in [0.15, 0.2) is 6.10 Å². The highest BCUT2D eigenvalue weighted by Gasteiger charge is 2.34. The fraction of sp³-hybridized carbons (Fsp3) is 0.435. The number of β-amino-alcohol motifs (C(OH)–C–C–N with tert-alkyl or cyclic N) is 1. The van der Waals surface area contributed by atoms with Crippen LogP contribution in [-0.4, -0.2) is 64.6 Å². The number of aliphatic hydroxyl groups excluding tert-OH is 1. The lowest BCUT2D eigenvalue weighted by molar-refractivity contribution is -0.385. The lowest BCUT2D eigenvalue weighted by Gasteiger charge is -2.35. The number of hydrogen-bond donors (Lipinski definition) is 1. The number of aryl methyl sites for hydroxylation is 1. The highest BCUT2D eigenvalue weighted by atomic mass is 16.6. The van der Waals surface area contributed by atoms with E-state index in [9.17, 15) is 20.0 Å². The van der Waals surface area contributed by atoms with Gasteiger partial charge in [0.05, 0.1) is 17.1 Å². The number of nitro benzene ring substituents is 1. The van der Waals surface area contributed by atoms with Crippen molar-refractivity contribution in [2.45, 2.75) is 37.5 Å². The number of non-ortho nitro benzene ring substituents is 1. The first-order valence-corrected chi connectivity index (χ1v) is 10.6. The monoisotopic (exact) mass is 425 g/mol. The molecule has 2 heterocycles. The van der Waals surface area contributed by atoms with E-state index < -0.39 is 11.0 Å². The number of likely N-dealkylation sites (tertiary alicyclic amines) is 1. The number of benzene rings is 2. The van der Waals surface area contributed by atoms with Gasteiger partial charge in [-0.15, -0.1) is 0 Å². The molecule has 0 radical (unpaired) electrons. The highest BCUT2D eigenvalue weighted by molar-refractivity contribution is 5.82. The first-order chi connectivity index (χ1) is 14.9. The van der Waals surface area contributed by atoms with Gasteiger partial charge in [-0.25, -0.2) is 0 Å². The maximum Gasteiger partial charge on any atom is 0.269 e. The van der Waals surface area contributed by atoms with Gasteiger partial charge in [-0.05, 0) is 30.9 Å². The summed E-state index contributed by atoms with van der Waals surface area (Å²) in [7, 11) is 1.79. The van der Waals surface area contributed by atoms with Crippen LogP contribution in [-0.2, 0) is 11.2 Å². The zero-order chi connectivity index (χ0) is 22.0. The second kappa shape index (κ2) is 9.03. The third kappa shape index (κ3) is 4.70. The van der Waals surface area contributed by atoms with E-state index >= 15 is 0 Å². The fourth-order valence-electron chi connectivity index (χ4n) is 4.39. The molecule has 1 amide bonds. The zero-order valence-electron chi connectivity index (χ0n) is 17.5. The van der Waals surface area contributed by atoms with E-state index in [0.717, 1.165) is 24.1 Å². The number of nitrogens with zero attached hydrogens (tertiary/aromatic N) is 3. The van der Waals surface area contributed by atoms with Crippen molar-refractivity contribution in [2.75, 3.05) is 26.7 Å². The molecular weight excluding hydrogens is 398 g/mol. The predicted octanol–water partition coefficient (Wildman–Crippen LogP) is 2.55. The number of carbonyl (C=O) groups excluding carboxylic acids is 1. The lowest BCUT2D eigenvalue weighted by Crippen LogP contribution is -2.46. The molecule has 0 aromatic heterocycles. The Kier molecular flexibility index (Phi) is 6.20. The SMILES string of the molecule is CN(C(=O)C1CCc2cc([N+](=O)[O-])ccc2O1)C(CN1CC[C@H](O)C1)c1ccccc1. The van der Waals surface area contributed by atoms with E-state index in [2.05, 4.69) is 4.90 Å². The number of fused-ring (bicyclic) bond motifs is 1. The number of rotatable bonds is 6. The fourth-order valence-corrected chi connectivity index (χ4v) is 4.39. The van der Waals surface area contributed by atoms with Gasteiger partial charge in [-0.1, -0.05) is 30.3 Å². The summed E-state index contributed by atoms with van der Waals surface area (Å²) in [5, 5.41) is 20.9. The molecule has 2 aliphatic heterocycles. The molecule has 1 N–H and O–H groups in total. The van der Waals surface area contributed by atoms with Gasteiger partial charge in [-0.2, -0.15) is 0 Å². The van der Waals surface area contributed by atoms with Crippen molar-refractivity contribution in [3.8, 4) is 5.75 Å². The zero-order valence-corrected chi connectivity index (χ0v) is 17.5. The van der Waals surface area contributed by atoms with E-state index in [0.29, 0.717) is 31.7 Å². The summed E-state index contributed by atoms with van der Waals surface area (Å²) in [4.78, 5) is 27.9. The number of likely N-dealkylation sites (N-methyl/N-ethyl adjacent to an activating group) is 1. The van der Waals surface area contributed by atoms with Crippen LogP contribution >= 0.6 is 0 Å². The van der Waals surface area contributed by atoms with Crippen molar-refractivity contribution in [3.63, 3.8) is 0 Å². The Morgan fingerprint density at radius 3 is 2.74 bits per heavy atom. The summed E-state index contributed by atoms with van der Waals surface area (Å²) < 4.78 is 5.96. The van der Waals surface area contributed by atoms with E-state index in [1.165, 1.54) is 12.1 Å². The third-order valence-corrected chi connectivity index (χ3v) is 6.15. The Labute approximate surface area is 181 Å². The summed E-state index contributed by atoms with van der Waals surface area (Å²) >= 11 is 0. The van der Waals surface area contributed by atoms with Gasteiger partial charge in [0.1, 0.15) is 5.75 Å². The van der Waals surface area contributed by atoms with Gasteiger partial charge in [0, 0.05) is 44.4 Å². The van der Waals surface area contributed by atoms with Crippen LogP contribution in [0.3, 0.4) is 0 Å². The summed E-state index contributed by atoms with van der Waals surface area (Å²) in [6.07, 6.45) is 0.819. The molecule has 0 spiro atoms. The Balaban J connectivity index is 1.50. The Morgan fingerprint density at radius 2 is 2.06 bits per heavy atom. The van der Waals surface area contributed by atoms with Gasteiger partial charge in [0.2, 0.25) is 0 Å². The average molecular weight is 425 g/mol. The Hall–Kier alpha value is -2.97. The minimum absolute atomic E-state index is 0.0289. The van der Waals surface area contributed by atoms with Crippen molar-refractivity contribution < 1.29 is 19.6 Å². The molecule has 0 saturated carbocycles. The maximum absolute atomic E-state index is 13.4. The van der Waals surface area contributed by atoms with Crippen LogP contribution in [0.25, 0.3) is 0 Å². The van der Waals surface area contributed by atoms with E-state index in [1.54, 1.807) is 18.0 Å². The first kappa shape index (κ1) is 21.3. The molecule has 4 rings (SSSR count). The largest absolute Gasteiger partial charge is 0.480 e. The number of amides is 1. The lowest BCUT2D eigenvalue weighted by atomic mass is 9.99. The summed E-state index contributed by atoms with van der Waals surface area (Å²) in [6, 6.07) is 14.2. The van der Waals surface area contributed by atoms with Crippen LogP contribution in [0.5, 0.6) is 5.75 Å². The third-order valence-electron chi connectivity index (χ3n) is 6.15. The number of aliphatic hydroxyl groups is 1. The minimum atomic E-state index is -0.630. The molecule has 2 aromatic carbocycles. The standard InChI is InChI=1S/C23H27N3O5/c1-24(20(16-5-3-2-4-6-16)15-25-12-11-19(27)14-25)23(28)22-9-7-17-13-18(26(29)30)8-10-21(17)31-22/h2-6,8,10,13,19-20,22,27H,7,9,11-12,14-15H2,1H3/t19-,20?,22?/m0/s1. The Bertz CT molecular complexity index is 951. The second-order valence-corrected chi connectivity index (χ2v) is 8.27. The predicted molar refractivity (Wildman–Crippen MR) is 115 cm³/mol.